The largest absolute Gasteiger partial charge is 0.315 e. The van der Waals surface area contributed by atoms with E-state index in [-0.39, 0.29) is 5.91 Å². The van der Waals surface area contributed by atoms with Gasteiger partial charge in [-0.25, -0.2) is 0 Å². The summed E-state index contributed by atoms with van der Waals surface area (Å²) in [5, 5.41) is 0. The first-order valence-electron chi connectivity index (χ1n) is 6.00. The molecule has 0 saturated carbocycles. The Morgan fingerprint density at radius 3 is 2.22 bits per heavy atom. The van der Waals surface area contributed by atoms with Crippen molar-refractivity contribution in [2.45, 2.75) is 13.8 Å². The summed E-state index contributed by atoms with van der Waals surface area (Å²) in [6.45, 7) is 3.60. The molecule has 2 aromatic rings. The van der Waals surface area contributed by atoms with Crippen LogP contribution < -0.4 is 4.90 Å². The number of hydrogen-bond acceptors (Lipinski definition) is 1. The van der Waals surface area contributed by atoms with E-state index in [1.807, 2.05) is 31.2 Å². The van der Waals surface area contributed by atoms with Crippen LogP contribution in [0.4, 0.5) is 5.69 Å². The van der Waals surface area contributed by atoms with Crippen molar-refractivity contribution in [2.24, 2.45) is 0 Å². The summed E-state index contributed by atoms with van der Waals surface area (Å²) in [4.78, 5) is 13.0. The van der Waals surface area contributed by atoms with Gasteiger partial charge in [0.2, 0.25) is 5.91 Å². The van der Waals surface area contributed by atoms with E-state index in [0.717, 1.165) is 11.3 Å². The molecule has 2 heteroatoms. The zero-order valence-electron chi connectivity index (χ0n) is 11.0. The highest BCUT2D eigenvalue weighted by Gasteiger charge is 2.09. The van der Waals surface area contributed by atoms with Crippen LogP contribution in [0.25, 0.3) is 11.1 Å². The summed E-state index contributed by atoms with van der Waals surface area (Å²) in [7, 11) is 1.80. The van der Waals surface area contributed by atoms with Gasteiger partial charge in [0.15, 0.2) is 0 Å². The van der Waals surface area contributed by atoms with Crippen molar-refractivity contribution in [3.8, 4) is 11.1 Å². The van der Waals surface area contributed by atoms with E-state index >= 15 is 0 Å². The third-order valence-electron chi connectivity index (χ3n) is 3.14. The normalized spacial score (nSPS) is 10.2. The van der Waals surface area contributed by atoms with Gasteiger partial charge < -0.3 is 4.90 Å². The van der Waals surface area contributed by atoms with Crippen LogP contribution in [0.1, 0.15) is 12.5 Å². The van der Waals surface area contributed by atoms with Gasteiger partial charge in [-0.2, -0.15) is 0 Å². The Bertz CT molecular complexity index is 561. The molecule has 0 heterocycles. The van der Waals surface area contributed by atoms with Gasteiger partial charge in [-0.1, -0.05) is 36.4 Å². The monoisotopic (exact) mass is 239 g/mol. The highest BCUT2D eigenvalue weighted by Crippen LogP contribution is 2.26. The molecule has 0 fully saturated rings. The van der Waals surface area contributed by atoms with Crippen LogP contribution in [0.3, 0.4) is 0 Å². The molecule has 0 aliphatic rings. The van der Waals surface area contributed by atoms with E-state index in [4.69, 9.17) is 0 Å². The van der Waals surface area contributed by atoms with Gasteiger partial charge >= 0.3 is 0 Å². The van der Waals surface area contributed by atoms with Crippen molar-refractivity contribution in [2.75, 3.05) is 11.9 Å². The Hall–Kier alpha value is -2.09. The lowest BCUT2D eigenvalue weighted by Gasteiger charge is -2.18. The molecule has 2 nitrogen and oxygen atoms in total. The van der Waals surface area contributed by atoms with Gasteiger partial charge in [-0.3, -0.25) is 4.79 Å². The molecule has 0 bridgehead atoms. The van der Waals surface area contributed by atoms with Crippen LogP contribution in [0, 0.1) is 6.92 Å². The minimum atomic E-state index is 0.0468. The number of nitrogens with zero attached hydrogens (tertiary/aromatic N) is 1. The number of amides is 1. The zero-order chi connectivity index (χ0) is 13.1. The van der Waals surface area contributed by atoms with Crippen LogP contribution in [0.2, 0.25) is 0 Å². The Kier molecular flexibility index (Phi) is 3.47. The van der Waals surface area contributed by atoms with E-state index in [2.05, 4.69) is 24.3 Å². The van der Waals surface area contributed by atoms with E-state index in [9.17, 15) is 4.79 Å². The number of benzene rings is 2. The van der Waals surface area contributed by atoms with Crippen molar-refractivity contribution in [3.05, 3.63) is 54.1 Å². The predicted octanol–water partition coefficient (Wildman–Crippen LogP) is 3.64. The molecule has 0 spiro atoms. The summed E-state index contributed by atoms with van der Waals surface area (Å²) in [5.41, 5.74) is 4.43. The van der Waals surface area contributed by atoms with Crippen LogP contribution in [0.15, 0.2) is 48.5 Å². The van der Waals surface area contributed by atoms with Gasteiger partial charge in [0.05, 0.1) is 0 Å². The van der Waals surface area contributed by atoms with Crippen molar-refractivity contribution >= 4 is 11.6 Å². The summed E-state index contributed by atoms with van der Waals surface area (Å²) >= 11 is 0. The molecule has 2 aromatic carbocycles. The lowest BCUT2D eigenvalue weighted by atomic mass is 10.0. The first-order chi connectivity index (χ1) is 8.59. The molecule has 0 radical (unpaired) electrons. The molecule has 0 aromatic heterocycles. The fourth-order valence-electron chi connectivity index (χ4n) is 2.01. The van der Waals surface area contributed by atoms with Gasteiger partial charge in [0.25, 0.3) is 0 Å². The number of aryl methyl sites for hydroxylation is 1. The molecule has 0 aliphatic heterocycles. The fourth-order valence-corrected chi connectivity index (χ4v) is 2.01. The summed E-state index contributed by atoms with van der Waals surface area (Å²) < 4.78 is 0. The van der Waals surface area contributed by atoms with E-state index in [0.29, 0.717) is 0 Å². The Balaban J connectivity index is 2.40. The maximum Gasteiger partial charge on any atom is 0.223 e. The minimum Gasteiger partial charge on any atom is -0.315 e. The van der Waals surface area contributed by atoms with E-state index < -0.39 is 0 Å². The minimum absolute atomic E-state index is 0.0468. The SMILES string of the molecule is CC(=O)N(C)c1ccc(-c2ccccc2)cc1C. The molecule has 0 unspecified atom stereocenters. The summed E-state index contributed by atoms with van der Waals surface area (Å²) in [6.07, 6.45) is 0. The van der Waals surface area contributed by atoms with Gasteiger partial charge in [0.1, 0.15) is 0 Å². The van der Waals surface area contributed by atoms with Crippen LogP contribution in [0.5, 0.6) is 0 Å². The standard InChI is InChI=1S/C16H17NO/c1-12-11-15(14-7-5-4-6-8-14)9-10-16(12)17(3)13(2)18/h4-11H,1-3H3. The number of hydrogen-bond donors (Lipinski definition) is 0. The summed E-state index contributed by atoms with van der Waals surface area (Å²) in [6, 6.07) is 16.4. The van der Waals surface area contributed by atoms with Crippen LogP contribution in [-0.4, -0.2) is 13.0 Å². The molecule has 0 N–H and O–H groups in total. The third-order valence-corrected chi connectivity index (χ3v) is 3.14. The van der Waals surface area contributed by atoms with Crippen molar-refractivity contribution in [1.29, 1.82) is 0 Å². The number of anilines is 1. The highest BCUT2D eigenvalue weighted by atomic mass is 16.2. The number of carbonyl (C=O) groups excluding carboxylic acids is 1. The Labute approximate surface area is 108 Å². The molecule has 0 saturated heterocycles. The zero-order valence-corrected chi connectivity index (χ0v) is 11.0. The molecule has 92 valence electrons. The highest BCUT2D eigenvalue weighted by molar-refractivity contribution is 5.92. The summed E-state index contributed by atoms with van der Waals surface area (Å²) in [5.74, 6) is 0.0468. The second kappa shape index (κ2) is 5.05. The van der Waals surface area contributed by atoms with Crippen molar-refractivity contribution < 1.29 is 4.79 Å². The van der Waals surface area contributed by atoms with Gasteiger partial charge in [0, 0.05) is 19.7 Å². The average molecular weight is 239 g/mol. The third kappa shape index (κ3) is 2.43. The lowest BCUT2D eigenvalue weighted by Crippen LogP contribution is -2.23. The lowest BCUT2D eigenvalue weighted by molar-refractivity contribution is -0.116. The Morgan fingerprint density at radius 2 is 1.67 bits per heavy atom. The van der Waals surface area contributed by atoms with E-state index in [1.165, 1.54) is 11.1 Å². The predicted molar refractivity (Wildman–Crippen MR) is 75.7 cm³/mol. The molecule has 18 heavy (non-hydrogen) atoms. The van der Waals surface area contributed by atoms with Crippen molar-refractivity contribution in [1.82, 2.24) is 0 Å². The molecule has 0 aliphatic carbocycles. The molecule has 0 atom stereocenters. The first kappa shape index (κ1) is 12.4. The van der Waals surface area contributed by atoms with E-state index in [1.54, 1.807) is 18.9 Å². The quantitative estimate of drug-likeness (QED) is 0.783. The topological polar surface area (TPSA) is 20.3 Å². The van der Waals surface area contributed by atoms with Gasteiger partial charge in [-0.05, 0) is 35.7 Å². The van der Waals surface area contributed by atoms with Crippen LogP contribution in [-0.2, 0) is 4.79 Å². The smallest absolute Gasteiger partial charge is 0.223 e. The Morgan fingerprint density at radius 1 is 1.00 bits per heavy atom. The van der Waals surface area contributed by atoms with Crippen LogP contribution >= 0.6 is 0 Å². The maximum atomic E-state index is 11.4. The first-order valence-corrected chi connectivity index (χ1v) is 6.00. The van der Waals surface area contributed by atoms with Crippen molar-refractivity contribution in [3.63, 3.8) is 0 Å². The fraction of sp³-hybridized carbons (Fsp3) is 0.188. The molecule has 2 rings (SSSR count). The second-order valence-corrected chi connectivity index (χ2v) is 4.45. The number of carbonyl (C=O) groups is 1. The second-order valence-electron chi connectivity index (χ2n) is 4.45. The molecular formula is C16H17NO. The maximum absolute atomic E-state index is 11.4. The van der Waals surface area contributed by atoms with Gasteiger partial charge in [-0.15, -0.1) is 0 Å². The molecule has 1 amide bonds. The number of rotatable bonds is 2. The average Bonchev–Trinajstić information content (AvgIpc) is 2.38. The molecular weight excluding hydrogens is 222 g/mol.